The van der Waals surface area contributed by atoms with Crippen LogP contribution in [0.2, 0.25) is 18.1 Å². The van der Waals surface area contributed by atoms with E-state index in [1.807, 2.05) is 20.8 Å². The Morgan fingerprint density at radius 1 is 1.04 bits per heavy atom. The quantitative estimate of drug-likeness (QED) is 0.604. The fraction of sp³-hybridized carbons (Fsp3) is 0.950. The Labute approximate surface area is 158 Å². The minimum Gasteiger partial charge on any atom is -0.411 e. The maximum atomic E-state index is 12.6. The van der Waals surface area contributed by atoms with Crippen molar-refractivity contribution < 1.29 is 8.63 Å². The summed E-state index contributed by atoms with van der Waals surface area (Å²) in [5, 5.41) is 0.251. The second kappa shape index (κ2) is 6.00. The lowest BCUT2D eigenvalue weighted by Gasteiger charge is -2.59. The van der Waals surface area contributed by atoms with E-state index in [2.05, 4.69) is 33.9 Å². The molecular weight excluding hydrogens is 346 g/mol. The van der Waals surface area contributed by atoms with Gasteiger partial charge in [0, 0.05) is 17.5 Å². The molecule has 0 aromatic rings. The van der Waals surface area contributed by atoms with Crippen molar-refractivity contribution in [1.29, 1.82) is 0 Å². The zero-order chi connectivity index (χ0) is 18.8. The van der Waals surface area contributed by atoms with Crippen molar-refractivity contribution >= 4 is 25.0 Å². The molecule has 3 nitrogen and oxygen atoms in total. The Kier molecular flexibility index (Phi) is 4.74. The van der Waals surface area contributed by atoms with E-state index in [-0.39, 0.29) is 15.4 Å². The van der Waals surface area contributed by atoms with Crippen LogP contribution in [0.15, 0.2) is 4.40 Å². The SMILES string of the molecule is CC(C)(C)S(=O)N=C1C2CC3CC1CC(O[Si](C)(C)C(C)(C)C)(C3)C2. The van der Waals surface area contributed by atoms with E-state index < -0.39 is 19.3 Å². The first-order valence-electron chi connectivity index (χ1n) is 9.93. The molecule has 0 N–H and O–H groups in total. The van der Waals surface area contributed by atoms with E-state index in [0.717, 1.165) is 18.8 Å². The van der Waals surface area contributed by atoms with Gasteiger partial charge in [0.25, 0.3) is 0 Å². The fourth-order valence-corrected chi connectivity index (χ4v) is 7.30. The van der Waals surface area contributed by atoms with Gasteiger partial charge in [-0.3, -0.25) is 0 Å². The molecule has 4 aliphatic rings. The number of rotatable bonds is 3. The highest BCUT2D eigenvalue weighted by Gasteiger charge is 2.57. The third-order valence-corrected chi connectivity index (χ3v) is 12.9. The van der Waals surface area contributed by atoms with Gasteiger partial charge in [-0.25, -0.2) is 4.21 Å². The molecule has 0 aromatic heterocycles. The highest BCUT2D eigenvalue weighted by molar-refractivity contribution is 7.85. The molecule has 0 aliphatic heterocycles. The van der Waals surface area contributed by atoms with Crippen LogP contribution in [-0.2, 0) is 15.4 Å². The van der Waals surface area contributed by atoms with Crippen molar-refractivity contribution in [2.45, 2.75) is 102 Å². The second-order valence-corrected chi connectivity index (χ2v) is 17.9. The smallest absolute Gasteiger partial charge is 0.192 e. The Hall–Kier alpha value is -0.00312. The summed E-state index contributed by atoms with van der Waals surface area (Å²) in [6.07, 6.45) is 5.92. The lowest BCUT2D eigenvalue weighted by Crippen LogP contribution is -2.60. The van der Waals surface area contributed by atoms with Crippen LogP contribution in [0.5, 0.6) is 0 Å². The van der Waals surface area contributed by atoms with Crippen molar-refractivity contribution in [3.63, 3.8) is 0 Å². The Balaban J connectivity index is 1.84. The van der Waals surface area contributed by atoms with Crippen LogP contribution in [0.3, 0.4) is 0 Å². The fourth-order valence-electron chi connectivity index (χ4n) is 4.89. The molecule has 3 atom stereocenters. The highest BCUT2D eigenvalue weighted by Crippen LogP contribution is 2.58. The summed E-state index contributed by atoms with van der Waals surface area (Å²) in [5.41, 5.74) is 1.33. The van der Waals surface area contributed by atoms with Gasteiger partial charge in [0.15, 0.2) is 8.32 Å². The van der Waals surface area contributed by atoms with Crippen molar-refractivity contribution in [3.05, 3.63) is 0 Å². The third-order valence-electron chi connectivity index (χ3n) is 6.96. The number of hydrogen-bond donors (Lipinski definition) is 0. The molecule has 3 unspecified atom stereocenters. The van der Waals surface area contributed by atoms with Crippen LogP contribution in [0.1, 0.15) is 73.6 Å². The second-order valence-electron chi connectivity index (χ2n) is 11.3. The monoisotopic (exact) mass is 383 g/mol. The van der Waals surface area contributed by atoms with Crippen LogP contribution in [-0.4, -0.2) is 28.6 Å². The van der Waals surface area contributed by atoms with Crippen molar-refractivity contribution in [2.75, 3.05) is 0 Å². The van der Waals surface area contributed by atoms with Gasteiger partial charge >= 0.3 is 0 Å². The molecule has 4 fully saturated rings. The van der Waals surface area contributed by atoms with E-state index in [9.17, 15) is 4.21 Å². The van der Waals surface area contributed by atoms with Crippen molar-refractivity contribution in [1.82, 2.24) is 0 Å². The summed E-state index contributed by atoms with van der Waals surface area (Å²) in [6.45, 7) is 17.8. The topological polar surface area (TPSA) is 38.7 Å². The standard InChI is InChI=1S/C20H37NO2SSi/c1-18(2,3)24(22)21-17-15-9-14-10-16(17)13-20(11-14,12-15)23-25(7,8)19(4,5)6/h14-16H,9-13H2,1-8H3. The summed E-state index contributed by atoms with van der Waals surface area (Å²) in [6, 6.07) is 0. The van der Waals surface area contributed by atoms with Crippen LogP contribution >= 0.6 is 0 Å². The molecule has 0 saturated heterocycles. The molecule has 4 saturated carbocycles. The molecule has 4 rings (SSSR count). The van der Waals surface area contributed by atoms with Gasteiger partial charge in [-0.2, -0.15) is 4.40 Å². The Bertz CT molecular complexity index is 582. The first kappa shape index (κ1) is 19.8. The van der Waals surface area contributed by atoms with Gasteiger partial charge in [-0.1, -0.05) is 20.8 Å². The lowest BCUT2D eigenvalue weighted by atomic mass is 9.53. The van der Waals surface area contributed by atoms with E-state index in [4.69, 9.17) is 8.82 Å². The molecular formula is C20H37NO2SSi. The minimum absolute atomic E-state index is 0.0712. The molecule has 0 radical (unpaired) electrons. The first-order valence-corrected chi connectivity index (χ1v) is 13.9. The summed E-state index contributed by atoms with van der Waals surface area (Å²) < 4.78 is 24.1. The normalized spacial score (nSPS) is 36.6. The van der Waals surface area contributed by atoms with Crippen molar-refractivity contribution in [2.24, 2.45) is 22.2 Å². The Morgan fingerprint density at radius 3 is 2.00 bits per heavy atom. The summed E-state index contributed by atoms with van der Waals surface area (Å²) >= 11 is 0. The molecule has 25 heavy (non-hydrogen) atoms. The summed E-state index contributed by atoms with van der Waals surface area (Å²) in [5.74, 6) is 1.79. The van der Waals surface area contributed by atoms with E-state index in [0.29, 0.717) is 11.8 Å². The van der Waals surface area contributed by atoms with Gasteiger partial charge in [-0.15, -0.1) is 0 Å². The zero-order valence-corrected chi connectivity index (χ0v) is 19.3. The largest absolute Gasteiger partial charge is 0.411 e. The van der Waals surface area contributed by atoms with E-state index in [1.165, 1.54) is 25.0 Å². The maximum Gasteiger partial charge on any atom is 0.192 e. The van der Waals surface area contributed by atoms with Crippen LogP contribution in [0.25, 0.3) is 0 Å². The van der Waals surface area contributed by atoms with Gasteiger partial charge in [0.2, 0.25) is 0 Å². The van der Waals surface area contributed by atoms with Crippen LogP contribution in [0, 0.1) is 17.8 Å². The highest BCUT2D eigenvalue weighted by atomic mass is 32.2. The molecule has 4 bridgehead atoms. The molecule has 4 aliphatic carbocycles. The van der Waals surface area contributed by atoms with Gasteiger partial charge in [0.1, 0.15) is 11.0 Å². The molecule has 0 spiro atoms. The van der Waals surface area contributed by atoms with Crippen LogP contribution in [0.4, 0.5) is 0 Å². The molecule has 0 heterocycles. The van der Waals surface area contributed by atoms with Gasteiger partial charge < -0.3 is 4.43 Å². The van der Waals surface area contributed by atoms with Gasteiger partial charge in [0.05, 0.1) is 10.3 Å². The number of nitrogens with zero attached hydrogens (tertiary/aromatic N) is 1. The zero-order valence-electron chi connectivity index (χ0n) is 17.4. The van der Waals surface area contributed by atoms with Gasteiger partial charge in [-0.05, 0) is 76.9 Å². The maximum absolute atomic E-state index is 12.6. The minimum atomic E-state index is -1.77. The average molecular weight is 384 g/mol. The predicted octanol–water partition coefficient (Wildman–Crippen LogP) is 5.49. The number of hydrogen-bond acceptors (Lipinski definition) is 2. The van der Waals surface area contributed by atoms with E-state index >= 15 is 0 Å². The molecule has 144 valence electrons. The molecule has 0 amide bonds. The first-order chi connectivity index (χ1) is 11.2. The molecule has 5 heteroatoms. The molecule has 0 aromatic carbocycles. The third kappa shape index (κ3) is 3.70. The lowest BCUT2D eigenvalue weighted by molar-refractivity contribution is -0.0716. The Morgan fingerprint density at radius 2 is 1.56 bits per heavy atom. The van der Waals surface area contributed by atoms with Crippen LogP contribution < -0.4 is 0 Å². The van der Waals surface area contributed by atoms with Crippen molar-refractivity contribution in [3.8, 4) is 0 Å². The summed E-state index contributed by atoms with van der Waals surface area (Å²) in [7, 11) is -2.91. The summed E-state index contributed by atoms with van der Waals surface area (Å²) in [4.78, 5) is 0. The average Bonchev–Trinajstić information content (AvgIpc) is 2.38. The van der Waals surface area contributed by atoms with E-state index in [1.54, 1.807) is 0 Å². The predicted molar refractivity (Wildman–Crippen MR) is 110 cm³/mol.